The molecule has 0 aromatic carbocycles. The van der Waals surface area contributed by atoms with Crippen molar-refractivity contribution in [2.45, 2.75) is 19.3 Å². The molecule has 0 saturated carbocycles. The molecule has 5 N–H and O–H groups in total. The van der Waals surface area contributed by atoms with Gasteiger partial charge in [0.05, 0.1) is 0 Å². The number of aliphatic hydroxyl groups is 1. The summed E-state index contributed by atoms with van der Waals surface area (Å²) in [5, 5.41) is 13.4. The van der Waals surface area contributed by atoms with Crippen LogP contribution in [0.3, 0.4) is 0 Å². The highest BCUT2D eigenvalue weighted by molar-refractivity contribution is 5.76. The van der Waals surface area contributed by atoms with Gasteiger partial charge in [-0.1, -0.05) is 0 Å². The third kappa shape index (κ3) is 8.79. The molecule has 0 heterocycles. The van der Waals surface area contributed by atoms with Crippen molar-refractivity contribution in [2.75, 3.05) is 19.7 Å². The molecule has 6 heteroatoms. The van der Waals surface area contributed by atoms with Gasteiger partial charge in [-0.15, -0.1) is 0 Å². The average molecular weight is 203 g/mol. The van der Waals surface area contributed by atoms with Crippen molar-refractivity contribution in [2.24, 2.45) is 5.73 Å². The molecule has 0 rings (SSSR count). The second-order valence-corrected chi connectivity index (χ2v) is 2.82. The number of hydrogen-bond donors (Lipinski definition) is 4. The fraction of sp³-hybridized carbons (Fsp3) is 0.750. The number of nitrogens with two attached hydrogens (primary N) is 1. The molecule has 0 aliphatic carbocycles. The summed E-state index contributed by atoms with van der Waals surface area (Å²) < 4.78 is 0. The lowest BCUT2D eigenvalue weighted by Crippen LogP contribution is -2.37. The number of primary amides is 1. The van der Waals surface area contributed by atoms with Crippen molar-refractivity contribution >= 4 is 11.9 Å². The predicted octanol–water partition coefficient (Wildman–Crippen LogP) is -1.07. The van der Waals surface area contributed by atoms with E-state index in [9.17, 15) is 9.59 Å². The van der Waals surface area contributed by atoms with E-state index in [2.05, 4.69) is 10.6 Å². The molecular formula is C8H17N3O3. The number of amides is 3. The van der Waals surface area contributed by atoms with Crippen LogP contribution in [-0.2, 0) is 4.79 Å². The molecule has 0 saturated heterocycles. The van der Waals surface area contributed by atoms with Gasteiger partial charge in [0.2, 0.25) is 5.91 Å². The van der Waals surface area contributed by atoms with Gasteiger partial charge in [0, 0.05) is 26.1 Å². The van der Waals surface area contributed by atoms with Gasteiger partial charge >= 0.3 is 6.03 Å². The summed E-state index contributed by atoms with van der Waals surface area (Å²) in [6, 6.07) is -0.598. The van der Waals surface area contributed by atoms with E-state index in [-0.39, 0.29) is 12.5 Å². The summed E-state index contributed by atoms with van der Waals surface area (Å²) in [7, 11) is 0. The molecule has 0 aliphatic heterocycles. The third-order valence-electron chi connectivity index (χ3n) is 1.56. The normalized spacial score (nSPS) is 9.50. The molecule has 82 valence electrons. The minimum absolute atomic E-state index is 0.0790. The summed E-state index contributed by atoms with van der Waals surface area (Å²) in [6.07, 6.45) is 1.70. The minimum Gasteiger partial charge on any atom is -0.396 e. The van der Waals surface area contributed by atoms with E-state index in [1.54, 1.807) is 0 Å². The largest absolute Gasteiger partial charge is 0.396 e. The van der Waals surface area contributed by atoms with Gasteiger partial charge in [-0.3, -0.25) is 4.79 Å². The zero-order chi connectivity index (χ0) is 10.8. The van der Waals surface area contributed by atoms with Crippen molar-refractivity contribution in [1.29, 1.82) is 0 Å². The predicted molar refractivity (Wildman–Crippen MR) is 51.5 cm³/mol. The number of carbonyl (C=O) groups excluding carboxylic acids is 2. The van der Waals surface area contributed by atoms with Crippen molar-refractivity contribution in [3.8, 4) is 0 Å². The maximum atomic E-state index is 11.0. The standard InChI is InChI=1S/C8H17N3O3/c9-8(14)11-5-4-10-7(13)3-1-2-6-12/h12H,1-6H2,(H,10,13)(H3,9,11,14). The molecule has 0 aliphatic rings. The van der Waals surface area contributed by atoms with E-state index in [1.165, 1.54) is 0 Å². The first-order valence-electron chi connectivity index (χ1n) is 4.57. The number of nitrogens with one attached hydrogen (secondary N) is 2. The molecule has 6 nitrogen and oxygen atoms in total. The quantitative estimate of drug-likeness (QED) is 0.396. The van der Waals surface area contributed by atoms with Crippen LogP contribution in [-0.4, -0.2) is 36.7 Å². The van der Waals surface area contributed by atoms with Crippen LogP contribution in [0.5, 0.6) is 0 Å². The molecule has 0 spiro atoms. The van der Waals surface area contributed by atoms with E-state index in [0.29, 0.717) is 32.4 Å². The first-order chi connectivity index (χ1) is 6.66. The summed E-state index contributed by atoms with van der Waals surface area (Å²) in [5.41, 5.74) is 4.82. The Morgan fingerprint density at radius 3 is 2.36 bits per heavy atom. The molecule has 0 atom stereocenters. The SMILES string of the molecule is NC(=O)NCCNC(=O)CCCCO. The van der Waals surface area contributed by atoms with E-state index in [1.807, 2.05) is 0 Å². The first-order valence-corrected chi connectivity index (χ1v) is 4.57. The molecule has 0 radical (unpaired) electrons. The lowest BCUT2D eigenvalue weighted by molar-refractivity contribution is -0.121. The van der Waals surface area contributed by atoms with Crippen LogP contribution in [0.2, 0.25) is 0 Å². The highest BCUT2D eigenvalue weighted by Crippen LogP contribution is 1.92. The Hall–Kier alpha value is -1.30. The Morgan fingerprint density at radius 1 is 1.14 bits per heavy atom. The van der Waals surface area contributed by atoms with Gasteiger partial charge < -0.3 is 21.5 Å². The van der Waals surface area contributed by atoms with Gasteiger partial charge in [-0.2, -0.15) is 0 Å². The molecule has 0 aromatic heterocycles. The molecule has 3 amide bonds. The zero-order valence-electron chi connectivity index (χ0n) is 8.08. The number of hydrogen-bond acceptors (Lipinski definition) is 3. The summed E-state index contributed by atoms with van der Waals surface area (Å²) in [6.45, 7) is 0.818. The Balaban J connectivity index is 3.22. The Labute approximate surface area is 82.9 Å². The number of rotatable bonds is 7. The third-order valence-corrected chi connectivity index (χ3v) is 1.56. The van der Waals surface area contributed by atoms with E-state index < -0.39 is 6.03 Å². The number of unbranched alkanes of at least 4 members (excludes halogenated alkanes) is 1. The minimum atomic E-state index is -0.598. The fourth-order valence-corrected chi connectivity index (χ4v) is 0.873. The van der Waals surface area contributed by atoms with Crippen LogP contribution < -0.4 is 16.4 Å². The Kier molecular flexibility index (Phi) is 7.53. The Bertz CT molecular complexity index is 185. The number of carbonyl (C=O) groups is 2. The summed E-state index contributed by atoms with van der Waals surface area (Å²) in [5.74, 6) is -0.0790. The number of urea groups is 1. The molecule has 0 fully saturated rings. The highest BCUT2D eigenvalue weighted by atomic mass is 16.3. The molecular weight excluding hydrogens is 186 g/mol. The maximum absolute atomic E-state index is 11.0. The van der Waals surface area contributed by atoms with Crippen molar-refractivity contribution in [3.63, 3.8) is 0 Å². The first kappa shape index (κ1) is 12.7. The van der Waals surface area contributed by atoms with Crippen LogP contribution in [0, 0.1) is 0 Å². The lowest BCUT2D eigenvalue weighted by Gasteiger charge is -2.04. The van der Waals surface area contributed by atoms with Crippen molar-refractivity contribution in [3.05, 3.63) is 0 Å². The van der Waals surface area contributed by atoms with Gasteiger partial charge in [-0.25, -0.2) is 4.79 Å². The zero-order valence-corrected chi connectivity index (χ0v) is 8.08. The fourth-order valence-electron chi connectivity index (χ4n) is 0.873. The molecule has 0 aromatic rings. The lowest BCUT2D eigenvalue weighted by atomic mass is 10.2. The average Bonchev–Trinajstić information content (AvgIpc) is 2.13. The van der Waals surface area contributed by atoms with Gasteiger partial charge in [0.25, 0.3) is 0 Å². The van der Waals surface area contributed by atoms with Crippen LogP contribution in [0.4, 0.5) is 4.79 Å². The molecule has 0 unspecified atom stereocenters. The second kappa shape index (κ2) is 8.31. The van der Waals surface area contributed by atoms with Gasteiger partial charge in [-0.05, 0) is 12.8 Å². The molecule has 14 heavy (non-hydrogen) atoms. The second-order valence-electron chi connectivity index (χ2n) is 2.82. The van der Waals surface area contributed by atoms with Crippen molar-refractivity contribution in [1.82, 2.24) is 10.6 Å². The Morgan fingerprint density at radius 2 is 1.79 bits per heavy atom. The topological polar surface area (TPSA) is 104 Å². The maximum Gasteiger partial charge on any atom is 0.312 e. The van der Waals surface area contributed by atoms with Crippen LogP contribution in [0.1, 0.15) is 19.3 Å². The summed E-state index contributed by atoms with van der Waals surface area (Å²) >= 11 is 0. The van der Waals surface area contributed by atoms with E-state index >= 15 is 0 Å². The highest BCUT2D eigenvalue weighted by Gasteiger charge is 1.99. The van der Waals surface area contributed by atoms with Crippen LogP contribution in [0.25, 0.3) is 0 Å². The van der Waals surface area contributed by atoms with E-state index in [4.69, 9.17) is 10.8 Å². The smallest absolute Gasteiger partial charge is 0.312 e. The number of aliphatic hydroxyl groups excluding tert-OH is 1. The van der Waals surface area contributed by atoms with Crippen LogP contribution in [0.15, 0.2) is 0 Å². The van der Waals surface area contributed by atoms with Crippen LogP contribution >= 0.6 is 0 Å². The van der Waals surface area contributed by atoms with Gasteiger partial charge in [0.15, 0.2) is 0 Å². The summed E-state index contributed by atoms with van der Waals surface area (Å²) in [4.78, 5) is 21.3. The van der Waals surface area contributed by atoms with Crippen molar-refractivity contribution < 1.29 is 14.7 Å². The van der Waals surface area contributed by atoms with Gasteiger partial charge in [0.1, 0.15) is 0 Å². The molecule has 0 bridgehead atoms. The monoisotopic (exact) mass is 203 g/mol. The van der Waals surface area contributed by atoms with E-state index in [0.717, 1.165) is 0 Å².